The van der Waals surface area contributed by atoms with Crippen molar-refractivity contribution in [2.24, 2.45) is 0 Å². The smallest absolute Gasteiger partial charge is 0.387 e. The molecule has 0 spiro atoms. The molecule has 0 amide bonds. The van der Waals surface area contributed by atoms with Crippen LogP contribution in [0.5, 0.6) is 5.75 Å². The van der Waals surface area contributed by atoms with Gasteiger partial charge in [-0.3, -0.25) is 14.8 Å². The number of ether oxygens (including phenoxy) is 1. The SMILES string of the molecule is O=S(=O)(Nc1ccc(OC(F)F)c2cccnc12)c1cn[nH]c1. The molecule has 1 aromatic carbocycles. The molecule has 0 atom stereocenters. The number of halogens is 2. The van der Waals surface area contributed by atoms with Gasteiger partial charge >= 0.3 is 6.61 Å². The van der Waals surface area contributed by atoms with Crippen LogP contribution in [0, 0.1) is 0 Å². The van der Waals surface area contributed by atoms with Gasteiger partial charge in [0.05, 0.1) is 17.4 Å². The maximum Gasteiger partial charge on any atom is 0.387 e. The van der Waals surface area contributed by atoms with Crippen LogP contribution in [0.3, 0.4) is 0 Å². The Bertz CT molecular complexity index is 930. The third-order valence-corrected chi connectivity index (χ3v) is 4.31. The van der Waals surface area contributed by atoms with Crippen LogP contribution in [0.1, 0.15) is 0 Å². The first-order chi connectivity index (χ1) is 11.0. The third-order valence-electron chi connectivity index (χ3n) is 2.97. The van der Waals surface area contributed by atoms with Crippen molar-refractivity contribution in [2.75, 3.05) is 4.72 Å². The molecule has 3 aromatic rings. The Morgan fingerprint density at radius 2 is 2.09 bits per heavy atom. The minimum absolute atomic E-state index is 0.0607. The highest BCUT2D eigenvalue weighted by molar-refractivity contribution is 7.92. The number of hydrogen-bond donors (Lipinski definition) is 2. The van der Waals surface area contributed by atoms with Gasteiger partial charge in [-0.05, 0) is 24.3 Å². The first-order valence-electron chi connectivity index (χ1n) is 6.31. The monoisotopic (exact) mass is 340 g/mol. The Hall–Kier alpha value is -2.75. The second-order valence-electron chi connectivity index (χ2n) is 4.43. The van der Waals surface area contributed by atoms with Crippen LogP contribution >= 0.6 is 0 Å². The lowest BCUT2D eigenvalue weighted by molar-refractivity contribution is -0.0487. The number of fused-ring (bicyclic) bond motifs is 1. The number of hydrogen-bond acceptors (Lipinski definition) is 5. The molecule has 2 N–H and O–H groups in total. The van der Waals surface area contributed by atoms with E-state index in [9.17, 15) is 17.2 Å². The fourth-order valence-corrected chi connectivity index (χ4v) is 2.99. The number of aromatic amines is 1. The van der Waals surface area contributed by atoms with Gasteiger partial charge in [0, 0.05) is 17.8 Å². The zero-order valence-electron chi connectivity index (χ0n) is 11.4. The van der Waals surface area contributed by atoms with Gasteiger partial charge in [-0.2, -0.15) is 13.9 Å². The molecule has 0 radical (unpaired) electrons. The minimum atomic E-state index is -3.87. The summed E-state index contributed by atoms with van der Waals surface area (Å²) in [6, 6.07) is 5.61. The van der Waals surface area contributed by atoms with Crippen molar-refractivity contribution in [2.45, 2.75) is 11.5 Å². The number of alkyl halides is 2. The molecule has 0 aliphatic rings. The average molecular weight is 340 g/mol. The summed E-state index contributed by atoms with van der Waals surface area (Å²) in [5, 5.41) is 6.24. The number of benzene rings is 1. The van der Waals surface area contributed by atoms with Gasteiger partial charge in [0.2, 0.25) is 0 Å². The summed E-state index contributed by atoms with van der Waals surface area (Å²) < 4.78 is 56.1. The van der Waals surface area contributed by atoms with Crippen LogP contribution in [0.4, 0.5) is 14.5 Å². The van der Waals surface area contributed by atoms with E-state index in [-0.39, 0.29) is 27.2 Å². The predicted octanol–water partition coefficient (Wildman–Crippen LogP) is 2.36. The van der Waals surface area contributed by atoms with E-state index < -0.39 is 16.6 Å². The van der Waals surface area contributed by atoms with Crippen molar-refractivity contribution < 1.29 is 21.9 Å². The fraction of sp³-hybridized carbons (Fsp3) is 0.0769. The Morgan fingerprint density at radius 1 is 1.26 bits per heavy atom. The first kappa shape index (κ1) is 15.2. The number of H-pyrrole nitrogens is 1. The quantitative estimate of drug-likeness (QED) is 0.743. The molecule has 0 aliphatic heterocycles. The van der Waals surface area contributed by atoms with E-state index in [1.165, 1.54) is 36.7 Å². The Morgan fingerprint density at radius 3 is 2.78 bits per heavy atom. The molecule has 10 heteroatoms. The highest BCUT2D eigenvalue weighted by atomic mass is 32.2. The molecule has 3 rings (SSSR count). The first-order valence-corrected chi connectivity index (χ1v) is 7.80. The second kappa shape index (κ2) is 5.80. The summed E-state index contributed by atoms with van der Waals surface area (Å²) in [7, 11) is -3.87. The largest absolute Gasteiger partial charge is 0.434 e. The van der Waals surface area contributed by atoms with Crippen molar-refractivity contribution in [3.8, 4) is 5.75 Å². The van der Waals surface area contributed by atoms with Crippen molar-refractivity contribution in [1.29, 1.82) is 0 Å². The predicted molar refractivity (Wildman–Crippen MR) is 77.8 cm³/mol. The maximum atomic E-state index is 12.4. The molecule has 2 aromatic heterocycles. The molecular formula is C13H10F2N4O3S. The zero-order chi connectivity index (χ0) is 16.4. The van der Waals surface area contributed by atoms with E-state index in [2.05, 4.69) is 24.6 Å². The molecule has 7 nitrogen and oxygen atoms in total. The van der Waals surface area contributed by atoms with Crippen LogP contribution in [0.2, 0.25) is 0 Å². The van der Waals surface area contributed by atoms with E-state index in [4.69, 9.17) is 0 Å². The number of rotatable bonds is 5. The number of nitrogens with one attached hydrogen (secondary N) is 2. The number of sulfonamides is 1. The molecule has 0 fully saturated rings. The number of anilines is 1. The van der Waals surface area contributed by atoms with Gasteiger partial charge < -0.3 is 4.74 Å². The molecule has 0 saturated carbocycles. The molecular weight excluding hydrogens is 330 g/mol. The third kappa shape index (κ3) is 3.06. The summed E-state index contributed by atoms with van der Waals surface area (Å²) in [4.78, 5) is 3.98. The van der Waals surface area contributed by atoms with Crippen molar-refractivity contribution in [3.63, 3.8) is 0 Å². The molecule has 23 heavy (non-hydrogen) atoms. The van der Waals surface area contributed by atoms with Crippen molar-refractivity contribution in [1.82, 2.24) is 15.2 Å². The van der Waals surface area contributed by atoms with Gasteiger partial charge in [0.1, 0.15) is 10.6 Å². The highest BCUT2D eigenvalue weighted by Crippen LogP contribution is 2.32. The summed E-state index contributed by atoms with van der Waals surface area (Å²) >= 11 is 0. The van der Waals surface area contributed by atoms with Crippen LogP contribution in [0.15, 0.2) is 47.8 Å². The lowest BCUT2D eigenvalue weighted by Crippen LogP contribution is -2.13. The Balaban J connectivity index is 2.06. The number of nitrogens with zero attached hydrogens (tertiary/aromatic N) is 2. The van der Waals surface area contributed by atoms with Gasteiger partial charge in [0.25, 0.3) is 10.0 Å². The number of pyridine rings is 1. The zero-order valence-corrected chi connectivity index (χ0v) is 12.2. The topological polar surface area (TPSA) is 97.0 Å². The van der Waals surface area contributed by atoms with Crippen LogP contribution < -0.4 is 9.46 Å². The van der Waals surface area contributed by atoms with Crippen LogP contribution in [-0.4, -0.2) is 30.2 Å². The Labute approximate surface area is 129 Å². The standard InChI is InChI=1S/C13H10F2N4O3S/c14-13(15)22-11-4-3-10(12-9(11)2-1-5-16-12)19-23(20,21)8-6-17-18-7-8/h1-7,13,19H,(H,17,18). The van der Waals surface area contributed by atoms with Gasteiger partial charge in [-0.1, -0.05) is 0 Å². The van der Waals surface area contributed by atoms with E-state index >= 15 is 0 Å². The number of aromatic nitrogens is 3. The summed E-state index contributed by atoms with van der Waals surface area (Å²) in [6.45, 7) is -2.99. The van der Waals surface area contributed by atoms with Crippen molar-refractivity contribution >= 4 is 26.6 Å². The Kier molecular flexibility index (Phi) is 3.82. The van der Waals surface area contributed by atoms with Gasteiger partial charge in [-0.25, -0.2) is 8.42 Å². The van der Waals surface area contributed by atoms with Crippen LogP contribution in [0.25, 0.3) is 10.9 Å². The summed E-state index contributed by atoms with van der Waals surface area (Å²) in [6.07, 6.45) is 3.78. The average Bonchev–Trinajstić information content (AvgIpc) is 3.04. The highest BCUT2D eigenvalue weighted by Gasteiger charge is 2.18. The minimum Gasteiger partial charge on any atom is -0.434 e. The molecule has 0 saturated heterocycles. The summed E-state index contributed by atoms with van der Waals surface area (Å²) in [5.41, 5.74) is 0.334. The van der Waals surface area contributed by atoms with Gasteiger partial charge in [0.15, 0.2) is 0 Å². The van der Waals surface area contributed by atoms with Crippen molar-refractivity contribution in [3.05, 3.63) is 42.9 Å². The lowest BCUT2D eigenvalue weighted by atomic mass is 10.2. The van der Waals surface area contributed by atoms with Gasteiger partial charge in [-0.15, -0.1) is 0 Å². The maximum absolute atomic E-state index is 12.4. The normalized spacial score (nSPS) is 11.8. The van der Waals surface area contributed by atoms with E-state index in [1.807, 2.05) is 0 Å². The molecule has 0 unspecified atom stereocenters. The summed E-state index contributed by atoms with van der Waals surface area (Å²) in [5.74, 6) is -0.0886. The molecule has 120 valence electrons. The molecule has 2 heterocycles. The lowest BCUT2D eigenvalue weighted by Gasteiger charge is -2.12. The van der Waals surface area contributed by atoms with E-state index in [0.29, 0.717) is 0 Å². The molecule has 0 bridgehead atoms. The molecule has 0 aliphatic carbocycles. The second-order valence-corrected chi connectivity index (χ2v) is 6.11. The van der Waals surface area contributed by atoms with Crippen LogP contribution in [-0.2, 0) is 10.0 Å². The van der Waals surface area contributed by atoms with E-state index in [1.54, 1.807) is 0 Å². The van der Waals surface area contributed by atoms with E-state index in [0.717, 1.165) is 6.20 Å². The fourth-order valence-electron chi connectivity index (χ4n) is 2.02.